The van der Waals surface area contributed by atoms with E-state index in [1.165, 1.54) is 6.07 Å². The Morgan fingerprint density at radius 3 is 2.84 bits per heavy atom. The van der Waals surface area contributed by atoms with Gasteiger partial charge in [-0.1, -0.05) is 31.5 Å². The second kappa shape index (κ2) is 6.17. The van der Waals surface area contributed by atoms with Gasteiger partial charge in [-0.3, -0.25) is 4.68 Å². The molecule has 3 nitrogen and oxygen atoms in total. The largest absolute Gasteiger partial charge is 0.309 e. The smallest absolute Gasteiger partial charge is 0.129 e. The van der Waals surface area contributed by atoms with Gasteiger partial charge in [0.2, 0.25) is 0 Å². The fraction of sp³-hybridized carbons (Fsp3) is 0.357. The summed E-state index contributed by atoms with van der Waals surface area (Å²) in [6.45, 7) is 5.29. The number of benzene rings is 1. The minimum absolute atomic E-state index is 0.300. The molecule has 0 aliphatic rings. The molecule has 0 unspecified atom stereocenters. The molecule has 102 valence electrons. The van der Waals surface area contributed by atoms with Gasteiger partial charge in [0.05, 0.1) is 12.2 Å². The fourth-order valence-corrected chi connectivity index (χ4v) is 1.93. The number of nitrogens with zero attached hydrogens (tertiary/aromatic N) is 2. The number of aromatic nitrogens is 2. The SMILES string of the molecule is CC(C)NCc1ccnn1Cc1ccc(Cl)cc1F. The first-order valence-electron chi connectivity index (χ1n) is 6.24. The van der Waals surface area contributed by atoms with Crippen molar-refractivity contribution in [3.63, 3.8) is 0 Å². The zero-order valence-electron chi connectivity index (χ0n) is 11.0. The van der Waals surface area contributed by atoms with Gasteiger partial charge in [0.25, 0.3) is 0 Å². The monoisotopic (exact) mass is 281 g/mol. The van der Waals surface area contributed by atoms with Gasteiger partial charge in [-0.15, -0.1) is 0 Å². The lowest BCUT2D eigenvalue weighted by Crippen LogP contribution is -2.24. The first-order valence-corrected chi connectivity index (χ1v) is 6.62. The Hall–Kier alpha value is -1.39. The molecule has 2 rings (SSSR count). The molecule has 5 heteroatoms. The van der Waals surface area contributed by atoms with E-state index < -0.39 is 0 Å². The molecule has 19 heavy (non-hydrogen) atoms. The van der Waals surface area contributed by atoms with E-state index in [1.807, 2.05) is 6.07 Å². The van der Waals surface area contributed by atoms with Crippen molar-refractivity contribution in [2.45, 2.75) is 33.0 Å². The summed E-state index contributed by atoms with van der Waals surface area (Å²) in [5, 5.41) is 7.96. The molecule has 1 heterocycles. The molecule has 0 aliphatic carbocycles. The lowest BCUT2D eigenvalue weighted by molar-refractivity contribution is 0.536. The van der Waals surface area contributed by atoms with Crippen molar-refractivity contribution in [1.82, 2.24) is 15.1 Å². The summed E-state index contributed by atoms with van der Waals surface area (Å²) in [6, 6.07) is 7.04. The molecule has 1 aromatic carbocycles. The summed E-state index contributed by atoms with van der Waals surface area (Å²) >= 11 is 5.74. The average molecular weight is 282 g/mol. The Balaban J connectivity index is 2.12. The number of nitrogens with one attached hydrogen (secondary N) is 1. The van der Waals surface area contributed by atoms with E-state index >= 15 is 0 Å². The molecule has 0 fully saturated rings. The van der Waals surface area contributed by atoms with Crippen LogP contribution in [0.25, 0.3) is 0 Å². The van der Waals surface area contributed by atoms with Crippen LogP contribution in [0.4, 0.5) is 4.39 Å². The van der Waals surface area contributed by atoms with Crippen LogP contribution >= 0.6 is 11.6 Å². The normalized spacial score (nSPS) is 11.2. The van der Waals surface area contributed by atoms with Crippen LogP contribution < -0.4 is 5.32 Å². The van der Waals surface area contributed by atoms with Crippen LogP contribution in [-0.2, 0) is 13.1 Å². The predicted molar refractivity (Wildman–Crippen MR) is 74.7 cm³/mol. The van der Waals surface area contributed by atoms with Gasteiger partial charge in [0, 0.05) is 29.4 Å². The average Bonchev–Trinajstić information content (AvgIpc) is 2.77. The lowest BCUT2D eigenvalue weighted by Gasteiger charge is -2.11. The Labute approximate surface area is 117 Å². The Kier molecular flexibility index (Phi) is 4.56. The van der Waals surface area contributed by atoms with Gasteiger partial charge < -0.3 is 5.32 Å². The van der Waals surface area contributed by atoms with Crippen LogP contribution in [0, 0.1) is 5.82 Å². The second-order valence-electron chi connectivity index (χ2n) is 4.75. The summed E-state index contributed by atoms with van der Waals surface area (Å²) < 4.78 is 15.5. The van der Waals surface area contributed by atoms with Crippen molar-refractivity contribution in [3.8, 4) is 0 Å². The highest BCUT2D eigenvalue weighted by Crippen LogP contribution is 2.16. The van der Waals surface area contributed by atoms with Gasteiger partial charge in [-0.2, -0.15) is 5.10 Å². The van der Waals surface area contributed by atoms with E-state index in [0.29, 0.717) is 29.7 Å². The van der Waals surface area contributed by atoms with E-state index in [9.17, 15) is 4.39 Å². The standard InChI is InChI=1S/C14H17ClFN3/c1-10(2)17-8-13-5-6-18-19(13)9-11-3-4-12(15)7-14(11)16/h3-7,10,17H,8-9H2,1-2H3. The van der Waals surface area contributed by atoms with Crippen LogP contribution in [0.2, 0.25) is 5.02 Å². The van der Waals surface area contributed by atoms with Crippen LogP contribution in [-0.4, -0.2) is 15.8 Å². The van der Waals surface area contributed by atoms with E-state index in [2.05, 4.69) is 24.3 Å². The van der Waals surface area contributed by atoms with E-state index in [4.69, 9.17) is 11.6 Å². The van der Waals surface area contributed by atoms with Crippen molar-refractivity contribution in [2.24, 2.45) is 0 Å². The van der Waals surface area contributed by atoms with Gasteiger partial charge >= 0.3 is 0 Å². The number of halogens is 2. The summed E-state index contributed by atoms with van der Waals surface area (Å²) in [6.07, 6.45) is 1.73. The van der Waals surface area contributed by atoms with Gasteiger partial charge in [0.1, 0.15) is 5.82 Å². The van der Waals surface area contributed by atoms with Gasteiger partial charge in [0.15, 0.2) is 0 Å². The maximum absolute atomic E-state index is 13.7. The number of rotatable bonds is 5. The quantitative estimate of drug-likeness (QED) is 0.912. The topological polar surface area (TPSA) is 29.9 Å². The molecule has 0 amide bonds. The van der Waals surface area contributed by atoms with E-state index in [0.717, 1.165) is 5.69 Å². The Morgan fingerprint density at radius 2 is 2.16 bits per heavy atom. The van der Waals surface area contributed by atoms with Crippen molar-refractivity contribution in [1.29, 1.82) is 0 Å². The highest BCUT2D eigenvalue weighted by Gasteiger charge is 2.08. The summed E-state index contributed by atoms with van der Waals surface area (Å²) in [7, 11) is 0. The van der Waals surface area contributed by atoms with Crippen molar-refractivity contribution < 1.29 is 4.39 Å². The van der Waals surface area contributed by atoms with Crippen LogP contribution in [0.3, 0.4) is 0 Å². The maximum atomic E-state index is 13.7. The second-order valence-corrected chi connectivity index (χ2v) is 5.19. The van der Waals surface area contributed by atoms with Crippen molar-refractivity contribution in [2.75, 3.05) is 0 Å². The fourth-order valence-electron chi connectivity index (χ4n) is 1.77. The predicted octanol–water partition coefficient (Wildman–Crippen LogP) is 3.22. The maximum Gasteiger partial charge on any atom is 0.129 e. The molecule has 2 aromatic rings. The third kappa shape index (κ3) is 3.78. The summed E-state index contributed by atoms with van der Waals surface area (Å²) in [4.78, 5) is 0. The third-order valence-corrected chi connectivity index (χ3v) is 3.07. The first-order chi connectivity index (χ1) is 9.06. The van der Waals surface area contributed by atoms with Gasteiger partial charge in [-0.05, 0) is 18.2 Å². The number of hydrogen-bond acceptors (Lipinski definition) is 2. The Bertz CT molecular complexity index is 551. The molecule has 0 saturated heterocycles. The molecular formula is C14H17ClFN3. The third-order valence-electron chi connectivity index (χ3n) is 2.83. The van der Waals surface area contributed by atoms with Crippen molar-refractivity contribution >= 4 is 11.6 Å². The molecule has 0 aliphatic heterocycles. The molecule has 0 atom stereocenters. The highest BCUT2D eigenvalue weighted by atomic mass is 35.5. The first kappa shape index (κ1) is 14.0. The molecular weight excluding hydrogens is 265 g/mol. The minimum Gasteiger partial charge on any atom is -0.309 e. The summed E-state index contributed by atoms with van der Waals surface area (Å²) in [5.74, 6) is -0.300. The van der Waals surface area contributed by atoms with Gasteiger partial charge in [-0.25, -0.2) is 4.39 Å². The van der Waals surface area contributed by atoms with E-state index in [1.54, 1.807) is 23.0 Å². The summed E-state index contributed by atoms with van der Waals surface area (Å²) in [5.41, 5.74) is 1.61. The lowest BCUT2D eigenvalue weighted by atomic mass is 10.2. The number of hydrogen-bond donors (Lipinski definition) is 1. The van der Waals surface area contributed by atoms with Crippen LogP contribution in [0.1, 0.15) is 25.1 Å². The Morgan fingerprint density at radius 1 is 1.37 bits per heavy atom. The minimum atomic E-state index is -0.300. The highest BCUT2D eigenvalue weighted by molar-refractivity contribution is 6.30. The van der Waals surface area contributed by atoms with Crippen LogP contribution in [0.5, 0.6) is 0 Å². The van der Waals surface area contributed by atoms with Crippen LogP contribution in [0.15, 0.2) is 30.5 Å². The molecule has 0 spiro atoms. The molecule has 0 saturated carbocycles. The molecule has 0 bridgehead atoms. The zero-order valence-corrected chi connectivity index (χ0v) is 11.8. The zero-order chi connectivity index (χ0) is 13.8. The molecule has 1 aromatic heterocycles. The molecule has 0 radical (unpaired) electrons. The van der Waals surface area contributed by atoms with E-state index in [-0.39, 0.29) is 5.82 Å². The van der Waals surface area contributed by atoms with Crippen molar-refractivity contribution in [3.05, 3.63) is 52.6 Å². The molecule has 1 N–H and O–H groups in total.